The van der Waals surface area contributed by atoms with Crippen LogP contribution in [0.2, 0.25) is 0 Å². The van der Waals surface area contributed by atoms with Crippen molar-refractivity contribution in [2.45, 2.75) is 33.7 Å². The van der Waals surface area contributed by atoms with Gasteiger partial charge in [0.05, 0.1) is 6.61 Å². The molecule has 0 bridgehead atoms. The minimum Gasteiger partial charge on any atom is -0.380 e. The second kappa shape index (κ2) is 3.94. The standard InChI is InChI=1S/C8H19NO/c1-5-10-6-7(9)8(2,3)4/h7H,5-6,9H2,1-4H3/t7-/m0/s1. The molecule has 0 aliphatic heterocycles. The van der Waals surface area contributed by atoms with Crippen LogP contribution in [0, 0.1) is 5.41 Å². The lowest BCUT2D eigenvalue weighted by Gasteiger charge is -2.26. The van der Waals surface area contributed by atoms with E-state index in [1.807, 2.05) is 6.92 Å². The van der Waals surface area contributed by atoms with E-state index >= 15 is 0 Å². The fraction of sp³-hybridized carbons (Fsp3) is 1.00. The summed E-state index contributed by atoms with van der Waals surface area (Å²) in [4.78, 5) is 0. The van der Waals surface area contributed by atoms with Gasteiger partial charge >= 0.3 is 0 Å². The Bertz CT molecular complexity index is 85.7. The Balaban J connectivity index is 3.52. The fourth-order valence-corrected chi connectivity index (χ4v) is 0.495. The molecule has 0 aromatic carbocycles. The number of hydrogen-bond acceptors (Lipinski definition) is 2. The predicted molar refractivity (Wildman–Crippen MR) is 43.9 cm³/mol. The third-order valence-corrected chi connectivity index (χ3v) is 1.61. The summed E-state index contributed by atoms with van der Waals surface area (Å²) >= 11 is 0. The highest BCUT2D eigenvalue weighted by molar-refractivity contribution is 4.75. The van der Waals surface area contributed by atoms with E-state index in [9.17, 15) is 0 Å². The van der Waals surface area contributed by atoms with Crippen LogP contribution in [0.15, 0.2) is 0 Å². The van der Waals surface area contributed by atoms with Gasteiger partial charge in [-0.25, -0.2) is 0 Å². The van der Waals surface area contributed by atoms with Crippen LogP contribution in [-0.4, -0.2) is 19.3 Å². The van der Waals surface area contributed by atoms with Gasteiger partial charge in [-0.1, -0.05) is 20.8 Å². The van der Waals surface area contributed by atoms with Gasteiger partial charge in [-0.3, -0.25) is 0 Å². The second-order valence-corrected chi connectivity index (χ2v) is 3.63. The van der Waals surface area contributed by atoms with E-state index in [1.165, 1.54) is 0 Å². The summed E-state index contributed by atoms with van der Waals surface area (Å²) in [5.74, 6) is 0. The summed E-state index contributed by atoms with van der Waals surface area (Å²) in [5.41, 5.74) is 5.97. The van der Waals surface area contributed by atoms with Crippen molar-refractivity contribution in [3.8, 4) is 0 Å². The Kier molecular flexibility index (Phi) is 3.91. The zero-order chi connectivity index (χ0) is 8.20. The number of hydrogen-bond donors (Lipinski definition) is 1. The molecule has 0 spiro atoms. The molecule has 0 aromatic heterocycles. The lowest BCUT2D eigenvalue weighted by molar-refractivity contribution is 0.0997. The van der Waals surface area contributed by atoms with Crippen LogP contribution in [0.4, 0.5) is 0 Å². The van der Waals surface area contributed by atoms with Crippen LogP contribution >= 0.6 is 0 Å². The lowest BCUT2D eigenvalue weighted by Crippen LogP contribution is -2.39. The van der Waals surface area contributed by atoms with E-state index in [0.717, 1.165) is 6.61 Å². The number of nitrogens with two attached hydrogens (primary N) is 1. The van der Waals surface area contributed by atoms with Crippen LogP contribution in [0.3, 0.4) is 0 Å². The first-order valence-electron chi connectivity index (χ1n) is 3.81. The molecule has 2 N–H and O–H groups in total. The van der Waals surface area contributed by atoms with Gasteiger partial charge in [0, 0.05) is 12.6 Å². The average Bonchev–Trinajstić information content (AvgIpc) is 1.80. The maximum absolute atomic E-state index is 5.81. The molecule has 0 heterocycles. The molecule has 0 aromatic rings. The van der Waals surface area contributed by atoms with Crippen LogP contribution < -0.4 is 5.73 Å². The van der Waals surface area contributed by atoms with Crippen LogP contribution in [0.5, 0.6) is 0 Å². The summed E-state index contributed by atoms with van der Waals surface area (Å²) in [7, 11) is 0. The maximum Gasteiger partial charge on any atom is 0.0622 e. The van der Waals surface area contributed by atoms with Gasteiger partial charge in [0.25, 0.3) is 0 Å². The van der Waals surface area contributed by atoms with E-state index in [-0.39, 0.29) is 11.5 Å². The predicted octanol–water partition coefficient (Wildman–Crippen LogP) is 1.40. The first kappa shape index (κ1) is 9.92. The first-order chi connectivity index (χ1) is 4.48. The maximum atomic E-state index is 5.81. The zero-order valence-corrected chi connectivity index (χ0v) is 7.48. The van der Waals surface area contributed by atoms with E-state index in [1.54, 1.807) is 0 Å². The molecule has 10 heavy (non-hydrogen) atoms. The van der Waals surface area contributed by atoms with Crippen molar-refractivity contribution in [1.82, 2.24) is 0 Å². The van der Waals surface area contributed by atoms with Gasteiger partial charge in [0.2, 0.25) is 0 Å². The highest BCUT2D eigenvalue weighted by atomic mass is 16.5. The van der Waals surface area contributed by atoms with E-state index in [4.69, 9.17) is 10.5 Å². The summed E-state index contributed by atoms with van der Waals surface area (Å²) in [5, 5.41) is 0. The highest BCUT2D eigenvalue weighted by Gasteiger charge is 2.19. The Morgan fingerprint density at radius 1 is 1.40 bits per heavy atom. The minimum absolute atomic E-state index is 0.146. The lowest BCUT2D eigenvalue weighted by atomic mass is 9.88. The molecule has 0 amide bonds. The van der Waals surface area contributed by atoms with E-state index in [0.29, 0.717) is 6.61 Å². The topological polar surface area (TPSA) is 35.2 Å². The molecular weight excluding hydrogens is 126 g/mol. The van der Waals surface area contributed by atoms with Crippen LogP contribution in [-0.2, 0) is 4.74 Å². The smallest absolute Gasteiger partial charge is 0.0622 e. The fourth-order valence-electron chi connectivity index (χ4n) is 0.495. The summed E-state index contributed by atoms with van der Waals surface area (Å²) in [6, 6.07) is 0.146. The zero-order valence-electron chi connectivity index (χ0n) is 7.48. The van der Waals surface area contributed by atoms with Gasteiger partial charge in [0.1, 0.15) is 0 Å². The molecule has 0 rings (SSSR count). The van der Waals surface area contributed by atoms with Crippen LogP contribution in [0.1, 0.15) is 27.7 Å². The normalized spacial score (nSPS) is 15.3. The van der Waals surface area contributed by atoms with Gasteiger partial charge in [0.15, 0.2) is 0 Å². The highest BCUT2D eigenvalue weighted by Crippen LogP contribution is 2.16. The molecule has 0 radical (unpaired) electrons. The molecule has 0 aliphatic rings. The van der Waals surface area contributed by atoms with E-state index < -0.39 is 0 Å². The Morgan fingerprint density at radius 3 is 2.20 bits per heavy atom. The Labute approximate surface area is 63.7 Å². The molecule has 0 saturated carbocycles. The summed E-state index contributed by atoms with van der Waals surface area (Å²) in [6.07, 6.45) is 0. The first-order valence-corrected chi connectivity index (χ1v) is 3.81. The molecule has 0 saturated heterocycles. The molecule has 62 valence electrons. The third kappa shape index (κ3) is 3.85. The molecule has 0 unspecified atom stereocenters. The third-order valence-electron chi connectivity index (χ3n) is 1.61. The van der Waals surface area contributed by atoms with Crippen molar-refractivity contribution in [2.75, 3.05) is 13.2 Å². The number of rotatable bonds is 3. The quantitative estimate of drug-likeness (QED) is 0.651. The molecule has 2 nitrogen and oxygen atoms in total. The molecule has 0 aliphatic carbocycles. The largest absolute Gasteiger partial charge is 0.380 e. The van der Waals surface area contributed by atoms with Gasteiger partial charge in [-0.15, -0.1) is 0 Å². The molecule has 2 heteroatoms. The number of ether oxygens (including phenoxy) is 1. The SMILES string of the molecule is CCOC[C@H](N)C(C)(C)C. The molecule has 1 atom stereocenters. The van der Waals surface area contributed by atoms with Gasteiger partial charge in [-0.05, 0) is 12.3 Å². The van der Waals surface area contributed by atoms with Crippen molar-refractivity contribution in [3.05, 3.63) is 0 Å². The summed E-state index contributed by atoms with van der Waals surface area (Å²) < 4.78 is 5.20. The van der Waals surface area contributed by atoms with Gasteiger partial charge in [-0.2, -0.15) is 0 Å². The van der Waals surface area contributed by atoms with E-state index in [2.05, 4.69) is 20.8 Å². The van der Waals surface area contributed by atoms with Crippen molar-refractivity contribution in [1.29, 1.82) is 0 Å². The Hall–Kier alpha value is -0.0800. The molecule has 0 fully saturated rings. The average molecular weight is 145 g/mol. The Morgan fingerprint density at radius 2 is 1.90 bits per heavy atom. The summed E-state index contributed by atoms with van der Waals surface area (Å²) in [6.45, 7) is 9.77. The van der Waals surface area contributed by atoms with Crippen molar-refractivity contribution in [2.24, 2.45) is 11.1 Å². The van der Waals surface area contributed by atoms with Gasteiger partial charge < -0.3 is 10.5 Å². The minimum atomic E-state index is 0.146. The van der Waals surface area contributed by atoms with Crippen LogP contribution in [0.25, 0.3) is 0 Å². The second-order valence-electron chi connectivity index (χ2n) is 3.63. The monoisotopic (exact) mass is 145 g/mol. The molecular formula is C8H19NO. The van der Waals surface area contributed by atoms with Crippen molar-refractivity contribution < 1.29 is 4.74 Å². The van der Waals surface area contributed by atoms with Crippen molar-refractivity contribution in [3.63, 3.8) is 0 Å². The van der Waals surface area contributed by atoms with Crippen molar-refractivity contribution >= 4 is 0 Å².